The summed E-state index contributed by atoms with van der Waals surface area (Å²) in [4.78, 5) is 2.56. The van der Waals surface area contributed by atoms with Crippen LogP contribution in [0, 0.1) is 0 Å². The van der Waals surface area contributed by atoms with Crippen LogP contribution < -0.4 is 10.6 Å². The molecular formula is C14H21BrN2. The fraction of sp³-hybridized carbons (Fsp3) is 0.571. The number of nitrogens with zero attached hydrogens (tertiary/aromatic N) is 1. The number of nitrogens with two attached hydrogens (primary N) is 1. The van der Waals surface area contributed by atoms with Crippen LogP contribution in [0.1, 0.15) is 38.7 Å². The van der Waals surface area contributed by atoms with Gasteiger partial charge in [0, 0.05) is 28.8 Å². The van der Waals surface area contributed by atoms with E-state index in [1.807, 2.05) is 0 Å². The zero-order valence-corrected chi connectivity index (χ0v) is 12.2. The van der Waals surface area contributed by atoms with E-state index in [1.54, 1.807) is 0 Å². The molecule has 3 heteroatoms. The molecule has 0 spiro atoms. The first-order valence-electron chi connectivity index (χ1n) is 6.44. The second kappa shape index (κ2) is 5.40. The predicted octanol–water partition coefficient (Wildman–Crippen LogP) is 3.68. The zero-order valence-electron chi connectivity index (χ0n) is 10.6. The molecule has 17 heavy (non-hydrogen) atoms. The molecule has 1 heterocycles. The van der Waals surface area contributed by atoms with Crippen LogP contribution in [0.5, 0.6) is 0 Å². The van der Waals surface area contributed by atoms with E-state index in [2.05, 4.69) is 52.9 Å². The van der Waals surface area contributed by atoms with Gasteiger partial charge in [-0.25, -0.2) is 0 Å². The summed E-state index contributed by atoms with van der Waals surface area (Å²) >= 11 is 3.61. The van der Waals surface area contributed by atoms with Crippen LogP contribution >= 0.6 is 15.9 Å². The average molecular weight is 297 g/mol. The van der Waals surface area contributed by atoms with Crippen LogP contribution in [0.15, 0.2) is 22.7 Å². The Morgan fingerprint density at radius 3 is 2.76 bits per heavy atom. The summed E-state index contributed by atoms with van der Waals surface area (Å²) in [7, 11) is 0. The molecule has 1 fully saturated rings. The first kappa shape index (κ1) is 12.9. The highest BCUT2D eigenvalue weighted by Gasteiger charge is 2.29. The molecule has 2 atom stereocenters. The minimum Gasteiger partial charge on any atom is -0.366 e. The van der Waals surface area contributed by atoms with Gasteiger partial charge in [0.15, 0.2) is 0 Å². The van der Waals surface area contributed by atoms with Crippen molar-refractivity contribution in [2.24, 2.45) is 5.73 Å². The minimum absolute atomic E-state index is 0.591. The molecule has 2 N–H and O–H groups in total. The largest absolute Gasteiger partial charge is 0.366 e. The highest BCUT2D eigenvalue weighted by molar-refractivity contribution is 9.10. The Bertz CT molecular complexity index is 392. The fourth-order valence-corrected chi connectivity index (χ4v) is 3.33. The molecule has 1 saturated heterocycles. The van der Waals surface area contributed by atoms with Crippen LogP contribution in [0.4, 0.5) is 5.69 Å². The number of hydrogen-bond acceptors (Lipinski definition) is 2. The Kier molecular flexibility index (Phi) is 4.10. The van der Waals surface area contributed by atoms with Crippen molar-refractivity contribution in [1.29, 1.82) is 0 Å². The number of anilines is 1. The normalized spacial score (nSPS) is 24.4. The monoisotopic (exact) mass is 296 g/mol. The Morgan fingerprint density at radius 2 is 2.18 bits per heavy atom. The lowest BCUT2D eigenvalue weighted by Crippen LogP contribution is -2.34. The van der Waals surface area contributed by atoms with Gasteiger partial charge in [0.25, 0.3) is 0 Å². The molecule has 0 amide bonds. The molecule has 0 bridgehead atoms. The minimum atomic E-state index is 0.591. The summed E-state index contributed by atoms with van der Waals surface area (Å²) in [6, 6.07) is 7.90. The summed E-state index contributed by atoms with van der Waals surface area (Å²) in [6.07, 6.45) is 3.84. The molecule has 1 aliphatic heterocycles. The van der Waals surface area contributed by atoms with Crippen molar-refractivity contribution < 1.29 is 0 Å². The van der Waals surface area contributed by atoms with E-state index in [0.29, 0.717) is 18.6 Å². The van der Waals surface area contributed by atoms with Crippen LogP contribution in [0.25, 0.3) is 0 Å². The van der Waals surface area contributed by atoms with Gasteiger partial charge in [-0.2, -0.15) is 0 Å². The van der Waals surface area contributed by atoms with Gasteiger partial charge in [-0.15, -0.1) is 0 Å². The van der Waals surface area contributed by atoms with Gasteiger partial charge in [0.2, 0.25) is 0 Å². The van der Waals surface area contributed by atoms with Crippen molar-refractivity contribution in [3.63, 3.8) is 0 Å². The molecular weight excluding hydrogens is 276 g/mol. The van der Waals surface area contributed by atoms with Crippen molar-refractivity contribution in [3.05, 3.63) is 28.2 Å². The Morgan fingerprint density at radius 1 is 1.41 bits per heavy atom. The maximum atomic E-state index is 5.69. The topological polar surface area (TPSA) is 29.3 Å². The van der Waals surface area contributed by atoms with Crippen molar-refractivity contribution in [2.45, 2.75) is 51.7 Å². The second-order valence-corrected chi connectivity index (χ2v) is 5.73. The van der Waals surface area contributed by atoms with Crippen LogP contribution in [0.2, 0.25) is 0 Å². The van der Waals surface area contributed by atoms with Crippen molar-refractivity contribution in [1.82, 2.24) is 0 Å². The highest BCUT2D eigenvalue weighted by atomic mass is 79.9. The summed E-state index contributed by atoms with van der Waals surface area (Å²) in [5, 5.41) is 0. The van der Waals surface area contributed by atoms with Gasteiger partial charge in [0.05, 0.1) is 0 Å². The van der Waals surface area contributed by atoms with Crippen molar-refractivity contribution in [3.8, 4) is 0 Å². The van der Waals surface area contributed by atoms with Gasteiger partial charge in [-0.1, -0.05) is 28.9 Å². The average Bonchev–Trinajstić information content (AvgIpc) is 2.70. The van der Waals surface area contributed by atoms with E-state index >= 15 is 0 Å². The van der Waals surface area contributed by atoms with Crippen molar-refractivity contribution >= 4 is 21.6 Å². The first-order valence-corrected chi connectivity index (χ1v) is 7.23. The molecule has 0 aromatic heterocycles. The molecule has 1 aromatic rings. The van der Waals surface area contributed by atoms with E-state index in [4.69, 9.17) is 5.73 Å². The summed E-state index contributed by atoms with van der Waals surface area (Å²) in [5.41, 5.74) is 8.19. The lowest BCUT2D eigenvalue weighted by molar-refractivity contribution is 0.628. The Hall–Kier alpha value is -0.540. The lowest BCUT2D eigenvalue weighted by Gasteiger charge is -2.30. The molecule has 2 rings (SSSR count). The van der Waals surface area contributed by atoms with Crippen LogP contribution in [0.3, 0.4) is 0 Å². The third kappa shape index (κ3) is 2.50. The SMILES string of the molecule is CCC1CCC(C)N1c1ccc(CN)c(Br)c1. The predicted molar refractivity (Wildman–Crippen MR) is 77.3 cm³/mol. The van der Waals surface area contributed by atoms with E-state index < -0.39 is 0 Å². The lowest BCUT2D eigenvalue weighted by atomic mass is 10.1. The highest BCUT2D eigenvalue weighted by Crippen LogP contribution is 2.34. The molecule has 2 nitrogen and oxygen atoms in total. The number of benzene rings is 1. The molecule has 2 unspecified atom stereocenters. The van der Waals surface area contributed by atoms with Gasteiger partial charge in [0.1, 0.15) is 0 Å². The van der Waals surface area contributed by atoms with E-state index in [1.165, 1.54) is 30.5 Å². The van der Waals surface area contributed by atoms with Crippen molar-refractivity contribution in [2.75, 3.05) is 4.90 Å². The quantitative estimate of drug-likeness (QED) is 0.922. The molecule has 0 saturated carbocycles. The molecule has 1 aliphatic rings. The summed E-state index contributed by atoms with van der Waals surface area (Å²) in [6.45, 7) is 5.19. The zero-order chi connectivity index (χ0) is 12.4. The smallest absolute Gasteiger partial charge is 0.0382 e. The third-order valence-electron chi connectivity index (χ3n) is 3.81. The Labute approximate surface area is 112 Å². The Balaban J connectivity index is 2.29. The summed E-state index contributed by atoms with van der Waals surface area (Å²) < 4.78 is 1.13. The van der Waals surface area contributed by atoms with Gasteiger partial charge in [-0.05, 0) is 43.9 Å². The number of halogens is 1. The van der Waals surface area contributed by atoms with Gasteiger partial charge < -0.3 is 10.6 Å². The molecule has 0 aliphatic carbocycles. The maximum absolute atomic E-state index is 5.69. The number of hydrogen-bond donors (Lipinski definition) is 1. The second-order valence-electron chi connectivity index (χ2n) is 4.88. The molecule has 1 aromatic carbocycles. The first-order chi connectivity index (χ1) is 8.17. The van der Waals surface area contributed by atoms with Crippen LogP contribution in [-0.4, -0.2) is 12.1 Å². The molecule has 0 radical (unpaired) electrons. The number of rotatable bonds is 3. The van der Waals surface area contributed by atoms with Gasteiger partial charge in [-0.3, -0.25) is 0 Å². The van der Waals surface area contributed by atoms with Crippen LogP contribution in [-0.2, 0) is 6.54 Å². The fourth-order valence-electron chi connectivity index (χ4n) is 2.80. The maximum Gasteiger partial charge on any atom is 0.0382 e. The van der Waals surface area contributed by atoms with E-state index in [0.717, 1.165) is 4.47 Å². The van der Waals surface area contributed by atoms with E-state index in [9.17, 15) is 0 Å². The third-order valence-corrected chi connectivity index (χ3v) is 4.55. The molecule has 94 valence electrons. The standard InChI is InChI=1S/C14H21BrN2/c1-3-12-6-4-10(2)17(12)13-7-5-11(9-16)14(15)8-13/h5,7-8,10,12H,3-4,6,9,16H2,1-2H3. The summed E-state index contributed by atoms with van der Waals surface area (Å²) in [5.74, 6) is 0. The van der Waals surface area contributed by atoms with E-state index in [-0.39, 0.29) is 0 Å². The van der Waals surface area contributed by atoms with Gasteiger partial charge >= 0.3 is 0 Å².